The smallest absolute Gasteiger partial charge is 0.231 e. The molecule has 18 heavy (non-hydrogen) atoms. The van der Waals surface area contributed by atoms with Crippen LogP contribution in [0.1, 0.15) is 5.56 Å². The van der Waals surface area contributed by atoms with Gasteiger partial charge in [-0.3, -0.25) is 4.79 Å². The van der Waals surface area contributed by atoms with E-state index in [1.807, 2.05) is 30.3 Å². The van der Waals surface area contributed by atoms with Gasteiger partial charge in [-0.2, -0.15) is 0 Å². The lowest BCUT2D eigenvalue weighted by Gasteiger charge is -2.06. The van der Waals surface area contributed by atoms with Gasteiger partial charge in [0.15, 0.2) is 0 Å². The van der Waals surface area contributed by atoms with Crippen molar-refractivity contribution in [1.82, 2.24) is 5.32 Å². The number of hydrogen-bond acceptors (Lipinski definition) is 3. The maximum absolute atomic E-state index is 10.6. The third-order valence-corrected chi connectivity index (χ3v) is 2.74. The van der Waals surface area contributed by atoms with Crippen LogP contribution in [0.5, 0.6) is 5.75 Å². The Morgan fingerprint density at radius 3 is 2.67 bits per heavy atom. The zero-order valence-electron chi connectivity index (χ0n) is 10.3. The molecule has 0 aliphatic heterocycles. The summed E-state index contributed by atoms with van der Waals surface area (Å²) in [6.45, 7) is 0.825. The van der Waals surface area contributed by atoms with Crippen LogP contribution in [0.3, 0.4) is 0 Å². The molecule has 0 aromatic heterocycles. The molecule has 0 atom stereocenters. The average molecular weight is 244 g/mol. The van der Waals surface area contributed by atoms with E-state index in [2.05, 4.69) is 11.4 Å². The van der Waals surface area contributed by atoms with Crippen molar-refractivity contribution in [3.63, 3.8) is 0 Å². The van der Waals surface area contributed by atoms with E-state index in [4.69, 9.17) is 10.5 Å². The molecule has 0 bridgehead atoms. The van der Waals surface area contributed by atoms with Crippen molar-refractivity contribution in [1.29, 1.82) is 0 Å². The number of hydrogen-bond donors (Lipinski definition) is 2. The molecule has 2 rings (SSSR count). The summed E-state index contributed by atoms with van der Waals surface area (Å²) in [6.07, 6.45) is 0. The van der Waals surface area contributed by atoms with Crippen LogP contribution >= 0.6 is 0 Å². The van der Waals surface area contributed by atoms with Crippen molar-refractivity contribution >= 4 is 16.7 Å². The predicted octanol–water partition coefficient (Wildman–Crippen LogP) is 1.42. The second-order valence-corrected chi connectivity index (χ2v) is 4.12. The summed E-state index contributed by atoms with van der Waals surface area (Å²) in [5.41, 5.74) is 6.18. The van der Waals surface area contributed by atoms with E-state index in [1.165, 1.54) is 0 Å². The van der Waals surface area contributed by atoms with Gasteiger partial charge in [0.05, 0.1) is 13.7 Å². The zero-order chi connectivity index (χ0) is 13.0. The van der Waals surface area contributed by atoms with Crippen molar-refractivity contribution in [3.8, 4) is 5.75 Å². The predicted molar refractivity (Wildman–Crippen MR) is 71.4 cm³/mol. The molecule has 0 saturated carbocycles. The molecule has 0 saturated heterocycles. The van der Waals surface area contributed by atoms with E-state index in [0.717, 1.165) is 22.1 Å². The molecule has 0 spiro atoms. The van der Waals surface area contributed by atoms with Crippen molar-refractivity contribution in [3.05, 3.63) is 42.0 Å². The molecule has 2 aromatic rings. The highest BCUT2D eigenvalue weighted by molar-refractivity contribution is 5.84. The van der Waals surface area contributed by atoms with E-state index in [0.29, 0.717) is 6.54 Å². The van der Waals surface area contributed by atoms with Gasteiger partial charge >= 0.3 is 0 Å². The lowest BCUT2D eigenvalue weighted by Crippen LogP contribution is -2.28. The first kappa shape index (κ1) is 12.4. The Morgan fingerprint density at radius 2 is 1.94 bits per heavy atom. The van der Waals surface area contributed by atoms with Crippen LogP contribution in [0.2, 0.25) is 0 Å². The molecule has 2 aromatic carbocycles. The van der Waals surface area contributed by atoms with Gasteiger partial charge in [-0.25, -0.2) is 0 Å². The minimum atomic E-state index is -0.347. The Kier molecular flexibility index (Phi) is 3.79. The molecule has 0 aliphatic carbocycles. The van der Waals surface area contributed by atoms with E-state index in [1.54, 1.807) is 7.11 Å². The van der Waals surface area contributed by atoms with Gasteiger partial charge in [-0.05, 0) is 34.5 Å². The number of ether oxygens (including phenoxy) is 1. The number of carbonyl (C=O) groups is 1. The Bertz CT molecular complexity index is 567. The Labute approximate surface area is 106 Å². The van der Waals surface area contributed by atoms with Gasteiger partial charge in [0.1, 0.15) is 5.75 Å². The highest BCUT2D eigenvalue weighted by Crippen LogP contribution is 2.21. The summed E-state index contributed by atoms with van der Waals surface area (Å²) in [5.74, 6) is 0.502. The van der Waals surface area contributed by atoms with E-state index >= 15 is 0 Å². The van der Waals surface area contributed by atoms with Crippen LogP contribution in [-0.4, -0.2) is 19.6 Å². The summed E-state index contributed by atoms with van der Waals surface area (Å²) >= 11 is 0. The number of fused-ring (bicyclic) bond motifs is 1. The zero-order valence-corrected chi connectivity index (χ0v) is 10.3. The Morgan fingerprint density at radius 1 is 1.22 bits per heavy atom. The quantitative estimate of drug-likeness (QED) is 0.836. The second-order valence-electron chi connectivity index (χ2n) is 4.12. The molecule has 4 nitrogen and oxygen atoms in total. The number of primary amides is 1. The van der Waals surface area contributed by atoms with E-state index in [9.17, 15) is 4.79 Å². The molecule has 3 N–H and O–H groups in total. The van der Waals surface area contributed by atoms with Crippen molar-refractivity contribution < 1.29 is 9.53 Å². The standard InChI is InChI=1S/C14H16N2O2/c1-18-13-5-4-11-6-10(2-3-12(11)7-13)8-16-9-14(15)17/h2-7,16H,8-9H2,1H3,(H2,15,17). The number of methoxy groups -OCH3 is 1. The van der Waals surface area contributed by atoms with Crippen molar-refractivity contribution in [2.75, 3.05) is 13.7 Å². The van der Waals surface area contributed by atoms with Gasteiger partial charge in [0.2, 0.25) is 5.91 Å². The van der Waals surface area contributed by atoms with Gasteiger partial charge in [0.25, 0.3) is 0 Å². The van der Waals surface area contributed by atoms with Gasteiger partial charge in [-0.1, -0.05) is 18.2 Å². The minimum absolute atomic E-state index is 0.195. The third kappa shape index (κ3) is 2.99. The molecule has 0 radical (unpaired) electrons. The Balaban J connectivity index is 2.15. The van der Waals surface area contributed by atoms with Crippen LogP contribution in [-0.2, 0) is 11.3 Å². The first-order chi connectivity index (χ1) is 8.69. The largest absolute Gasteiger partial charge is 0.497 e. The molecule has 0 heterocycles. The van der Waals surface area contributed by atoms with Crippen LogP contribution in [0.4, 0.5) is 0 Å². The molecule has 0 fully saturated rings. The van der Waals surface area contributed by atoms with E-state index in [-0.39, 0.29) is 12.5 Å². The fourth-order valence-electron chi connectivity index (χ4n) is 1.84. The van der Waals surface area contributed by atoms with Gasteiger partial charge in [-0.15, -0.1) is 0 Å². The number of amides is 1. The number of carbonyl (C=O) groups excluding carboxylic acids is 1. The van der Waals surface area contributed by atoms with Crippen LogP contribution in [0, 0.1) is 0 Å². The summed E-state index contributed by atoms with van der Waals surface area (Å²) in [4.78, 5) is 10.6. The van der Waals surface area contributed by atoms with Crippen LogP contribution in [0.15, 0.2) is 36.4 Å². The maximum Gasteiger partial charge on any atom is 0.231 e. The molecule has 0 aliphatic rings. The number of nitrogens with one attached hydrogen (secondary N) is 1. The average Bonchev–Trinajstić information content (AvgIpc) is 2.37. The lowest BCUT2D eigenvalue weighted by molar-refractivity contribution is -0.117. The molecular weight excluding hydrogens is 228 g/mol. The minimum Gasteiger partial charge on any atom is -0.497 e. The molecule has 94 valence electrons. The Hall–Kier alpha value is -2.07. The SMILES string of the molecule is COc1ccc2cc(CNCC(N)=O)ccc2c1. The highest BCUT2D eigenvalue weighted by atomic mass is 16.5. The third-order valence-electron chi connectivity index (χ3n) is 2.74. The summed E-state index contributed by atoms with van der Waals surface area (Å²) in [5, 5.41) is 5.27. The number of nitrogens with two attached hydrogens (primary N) is 1. The summed E-state index contributed by atoms with van der Waals surface area (Å²) in [7, 11) is 1.66. The first-order valence-electron chi connectivity index (χ1n) is 5.75. The molecule has 4 heteroatoms. The number of rotatable bonds is 5. The molecule has 1 amide bonds. The van der Waals surface area contributed by atoms with Gasteiger partial charge in [0, 0.05) is 6.54 Å². The highest BCUT2D eigenvalue weighted by Gasteiger charge is 1.99. The second kappa shape index (κ2) is 5.51. The van der Waals surface area contributed by atoms with Crippen LogP contribution in [0.25, 0.3) is 10.8 Å². The molecule has 0 unspecified atom stereocenters. The topological polar surface area (TPSA) is 64.3 Å². The fourth-order valence-corrected chi connectivity index (χ4v) is 1.84. The fraction of sp³-hybridized carbons (Fsp3) is 0.214. The normalized spacial score (nSPS) is 10.5. The first-order valence-corrected chi connectivity index (χ1v) is 5.75. The monoisotopic (exact) mass is 244 g/mol. The van der Waals surface area contributed by atoms with Crippen molar-refractivity contribution in [2.24, 2.45) is 5.73 Å². The van der Waals surface area contributed by atoms with Gasteiger partial charge < -0.3 is 15.8 Å². The van der Waals surface area contributed by atoms with E-state index < -0.39 is 0 Å². The number of benzene rings is 2. The van der Waals surface area contributed by atoms with Crippen LogP contribution < -0.4 is 15.8 Å². The van der Waals surface area contributed by atoms with Crippen molar-refractivity contribution in [2.45, 2.75) is 6.54 Å². The molecular formula is C14H16N2O2. The maximum atomic E-state index is 10.6. The lowest BCUT2D eigenvalue weighted by atomic mass is 10.1. The summed E-state index contributed by atoms with van der Waals surface area (Å²) in [6, 6.07) is 12.1. The summed E-state index contributed by atoms with van der Waals surface area (Å²) < 4.78 is 5.18.